The predicted molar refractivity (Wildman–Crippen MR) is 125 cm³/mol. The highest BCUT2D eigenvalue weighted by Crippen LogP contribution is 2.14. The molecule has 27 heavy (non-hydrogen) atoms. The Morgan fingerprint density at radius 3 is 2.56 bits per heavy atom. The molecule has 1 N–H and O–H groups in total. The summed E-state index contributed by atoms with van der Waals surface area (Å²) in [6.07, 6.45) is 3.69. The maximum Gasteiger partial charge on any atom is 0.193 e. The Hall–Kier alpha value is -0.860. The molecule has 0 aromatic heterocycles. The normalized spacial score (nSPS) is 16.9. The number of likely N-dealkylation sites (tertiary alicyclic amines) is 1. The van der Waals surface area contributed by atoms with Crippen LogP contribution in [0.25, 0.3) is 0 Å². The molecule has 1 fully saturated rings. The molecule has 2 rings (SSSR count). The molecule has 1 atom stereocenters. The van der Waals surface area contributed by atoms with Gasteiger partial charge >= 0.3 is 0 Å². The lowest BCUT2D eigenvalue weighted by Crippen LogP contribution is -2.47. The molecule has 0 spiro atoms. The minimum Gasteiger partial charge on any atom is -0.378 e. The predicted octanol–water partition coefficient (Wildman–Crippen LogP) is 3.59. The SMILES string of the molecule is CCOC1CCN(C(=NC)NCCC(C)N(C)Cc2ccccc2)CC1.I. The summed E-state index contributed by atoms with van der Waals surface area (Å²) in [7, 11) is 4.08. The molecule has 6 heteroatoms. The van der Waals surface area contributed by atoms with E-state index in [-0.39, 0.29) is 24.0 Å². The van der Waals surface area contributed by atoms with E-state index in [1.54, 1.807) is 0 Å². The van der Waals surface area contributed by atoms with Gasteiger partial charge in [-0.1, -0.05) is 30.3 Å². The molecular weight excluding hydrogens is 451 g/mol. The number of piperidine rings is 1. The molecule has 0 radical (unpaired) electrons. The maximum absolute atomic E-state index is 5.74. The van der Waals surface area contributed by atoms with E-state index in [1.807, 2.05) is 7.05 Å². The highest BCUT2D eigenvalue weighted by atomic mass is 127. The van der Waals surface area contributed by atoms with Gasteiger partial charge in [-0.05, 0) is 45.7 Å². The lowest BCUT2D eigenvalue weighted by Gasteiger charge is -2.34. The summed E-state index contributed by atoms with van der Waals surface area (Å²) in [4.78, 5) is 9.23. The van der Waals surface area contributed by atoms with Gasteiger partial charge in [0.05, 0.1) is 6.10 Å². The molecular formula is C21H37IN4O. The Kier molecular flexibility index (Phi) is 11.9. The van der Waals surface area contributed by atoms with Gasteiger partial charge in [0.15, 0.2) is 5.96 Å². The minimum absolute atomic E-state index is 0. The van der Waals surface area contributed by atoms with Crippen LogP contribution in [0.2, 0.25) is 0 Å². The fourth-order valence-electron chi connectivity index (χ4n) is 3.44. The van der Waals surface area contributed by atoms with Crippen molar-refractivity contribution in [3.8, 4) is 0 Å². The number of hydrogen-bond acceptors (Lipinski definition) is 3. The zero-order valence-corrected chi connectivity index (χ0v) is 19.7. The number of halogens is 1. The van der Waals surface area contributed by atoms with Crippen LogP contribution in [-0.2, 0) is 11.3 Å². The van der Waals surface area contributed by atoms with Crippen molar-refractivity contribution < 1.29 is 4.74 Å². The number of nitrogens with zero attached hydrogens (tertiary/aromatic N) is 3. The van der Waals surface area contributed by atoms with Gasteiger partial charge in [-0.3, -0.25) is 9.89 Å². The first-order chi connectivity index (χ1) is 12.6. The van der Waals surface area contributed by atoms with Crippen LogP contribution < -0.4 is 5.32 Å². The molecule has 5 nitrogen and oxygen atoms in total. The molecule has 0 saturated carbocycles. The van der Waals surface area contributed by atoms with Gasteiger partial charge in [-0.15, -0.1) is 24.0 Å². The average molecular weight is 488 g/mol. The Morgan fingerprint density at radius 2 is 1.96 bits per heavy atom. The summed E-state index contributed by atoms with van der Waals surface area (Å²) in [5, 5.41) is 3.54. The van der Waals surface area contributed by atoms with Gasteiger partial charge < -0.3 is 15.0 Å². The van der Waals surface area contributed by atoms with Crippen molar-refractivity contribution in [1.29, 1.82) is 0 Å². The van der Waals surface area contributed by atoms with Gasteiger partial charge in [-0.2, -0.15) is 0 Å². The van der Waals surface area contributed by atoms with Crippen LogP contribution >= 0.6 is 24.0 Å². The van der Waals surface area contributed by atoms with Gasteiger partial charge in [-0.25, -0.2) is 0 Å². The molecule has 1 unspecified atom stereocenters. The smallest absolute Gasteiger partial charge is 0.193 e. The van der Waals surface area contributed by atoms with E-state index in [4.69, 9.17) is 4.74 Å². The first-order valence-corrected chi connectivity index (χ1v) is 9.95. The zero-order valence-electron chi connectivity index (χ0n) is 17.4. The second kappa shape index (κ2) is 13.3. The summed E-state index contributed by atoms with van der Waals surface area (Å²) >= 11 is 0. The van der Waals surface area contributed by atoms with Gasteiger partial charge in [0.25, 0.3) is 0 Å². The van der Waals surface area contributed by atoms with Crippen molar-refractivity contribution in [1.82, 2.24) is 15.1 Å². The van der Waals surface area contributed by atoms with Gasteiger partial charge in [0, 0.05) is 45.9 Å². The summed E-state index contributed by atoms with van der Waals surface area (Å²) < 4.78 is 5.74. The second-order valence-corrected chi connectivity index (χ2v) is 7.15. The van der Waals surface area contributed by atoms with E-state index in [0.717, 1.165) is 58.0 Å². The largest absolute Gasteiger partial charge is 0.378 e. The van der Waals surface area contributed by atoms with Crippen LogP contribution in [0.1, 0.15) is 38.7 Å². The number of nitrogens with one attached hydrogen (secondary N) is 1. The number of aliphatic imine (C=N–C) groups is 1. The Labute approximate surface area is 182 Å². The average Bonchev–Trinajstić information content (AvgIpc) is 2.67. The van der Waals surface area contributed by atoms with Gasteiger partial charge in [0.2, 0.25) is 0 Å². The first-order valence-electron chi connectivity index (χ1n) is 9.95. The third kappa shape index (κ3) is 8.35. The summed E-state index contributed by atoms with van der Waals surface area (Å²) in [6, 6.07) is 11.2. The van der Waals surface area contributed by atoms with Crippen molar-refractivity contribution in [2.75, 3.05) is 40.3 Å². The van der Waals surface area contributed by atoms with Crippen molar-refractivity contribution >= 4 is 29.9 Å². The minimum atomic E-state index is 0. The molecule has 154 valence electrons. The standard InChI is InChI=1S/C21H36N4O.HI/c1-5-26-20-12-15-25(16-13-20)21(22-3)23-14-11-18(2)24(4)17-19-9-7-6-8-10-19;/h6-10,18,20H,5,11-17H2,1-4H3,(H,22,23);1H. The molecule has 1 aliphatic heterocycles. The first kappa shape index (κ1) is 24.2. The van der Waals surface area contributed by atoms with Crippen LogP contribution in [0.3, 0.4) is 0 Å². The van der Waals surface area contributed by atoms with Crippen LogP contribution in [-0.4, -0.2) is 68.2 Å². The number of hydrogen-bond donors (Lipinski definition) is 1. The Morgan fingerprint density at radius 1 is 1.30 bits per heavy atom. The molecule has 0 aliphatic carbocycles. The summed E-state index contributed by atoms with van der Waals surface area (Å²) in [5.41, 5.74) is 1.36. The Balaban J connectivity index is 0.00000364. The zero-order chi connectivity index (χ0) is 18.8. The second-order valence-electron chi connectivity index (χ2n) is 7.15. The highest BCUT2D eigenvalue weighted by molar-refractivity contribution is 14.0. The third-order valence-electron chi connectivity index (χ3n) is 5.23. The van der Waals surface area contributed by atoms with Crippen LogP contribution in [0.5, 0.6) is 0 Å². The van der Waals surface area contributed by atoms with E-state index in [1.165, 1.54) is 5.56 Å². The topological polar surface area (TPSA) is 40.1 Å². The van der Waals surface area contributed by atoms with Crippen molar-refractivity contribution in [2.45, 2.75) is 51.8 Å². The molecule has 1 saturated heterocycles. The molecule has 0 bridgehead atoms. The Bertz CT molecular complexity index is 532. The summed E-state index contributed by atoms with van der Waals surface area (Å²) in [6.45, 7) is 9.15. The molecule has 1 aliphatic rings. The fraction of sp³-hybridized carbons (Fsp3) is 0.667. The maximum atomic E-state index is 5.74. The quantitative estimate of drug-likeness (QED) is 0.345. The van der Waals surface area contributed by atoms with Crippen molar-refractivity contribution in [3.63, 3.8) is 0 Å². The summed E-state index contributed by atoms with van der Waals surface area (Å²) in [5.74, 6) is 1.03. The van der Waals surface area contributed by atoms with Gasteiger partial charge in [0.1, 0.15) is 0 Å². The fourth-order valence-corrected chi connectivity index (χ4v) is 3.44. The van der Waals surface area contributed by atoms with Crippen LogP contribution in [0.15, 0.2) is 35.3 Å². The van der Waals surface area contributed by atoms with Crippen LogP contribution in [0, 0.1) is 0 Å². The van der Waals surface area contributed by atoms with E-state index in [9.17, 15) is 0 Å². The molecule has 1 aromatic carbocycles. The highest BCUT2D eigenvalue weighted by Gasteiger charge is 2.21. The number of guanidine groups is 1. The third-order valence-corrected chi connectivity index (χ3v) is 5.23. The molecule has 1 heterocycles. The lowest BCUT2D eigenvalue weighted by atomic mass is 10.1. The van der Waals surface area contributed by atoms with E-state index < -0.39 is 0 Å². The monoisotopic (exact) mass is 488 g/mol. The number of ether oxygens (including phenoxy) is 1. The van der Waals surface area contributed by atoms with E-state index in [2.05, 4.69) is 71.3 Å². The number of rotatable bonds is 8. The van der Waals surface area contributed by atoms with Crippen molar-refractivity contribution in [2.24, 2.45) is 4.99 Å². The van der Waals surface area contributed by atoms with E-state index in [0.29, 0.717) is 12.1 Å². The molecule has 1 aromatic rings. The number of benzene rings is 1. The van der Waals surface area contributed by atoms with Crippen molar-refractivity contribution in [3.05, 3.63) is 35.9 Å². The van der Waals surface area contributed by atoms with E-state index >= 15 is 0 Å². The van der Waals surface area contributed by atoms with Crippen LogP contribution in [0.4, 0.5) is 0 Å². The lowest BCUT2D eigenvalue weighted by molar-refractivity contribution is 0.0263. The molecule has 0 amide bonds.